The van der Waals surface area contributed by atoms with E-state index in [-0.39, 0.29) is 5.91 Å². The molecule has 102 valence electrons. The van der Waals surface area contributed by atoms with Gasteiger partial charge in [0.1, 0.15) is 11.3 Å². The molecular formula is C15H12ClNO3. The molecule has 2 heterocycles. The fourth-order valence-corrected chi connectivity index (χ4v) is 2.24. The van der Waals surface area contributed by atoms with E-state index in [2.05, 4.69) is 5.32 Å². The van der Waals surface area contributed by atoms with Gasteiger partial charge in [0.2, 0.25) is 0 Å². The number of amides is 1. The summed E-state index contributed by atoms with van der Waals surface area (Å²) in [6.45, 7) is 2.16. The number of fused-ring (bicyclic) bond motifs is 1. The Labute approximate surface area is 120 Å². The van der Waals surface area contributed by atoms with Crippen molar-refractivity contribution in [1.29, 1.82) is 0 Å². The van der Waals surface area contributed by atoms with Gasteiger partial charge in [-0.3, -0.25) is 4.79 Å². The van der Waals surface area contributed by atoms with Gasteiger partial charge >= 0.3 is 0 Å². The molecule has 20 heavy (non-hydrogen) atoms. The standard InChI is InChI=1S/C15H12ClNO3/c1-9-12-7-10(16)4-5-13(12)20-14(9)15(18)17-8-11-3-2-6-19-11/h2-7H,8H2,1H3,(H,17,18). The summed E-state index contributed by atoms with van der Waals surface area (Å²) < 4.78 is 10.7. The molecule has 0 saturated carbocycles. The number of aryl methyl sites for hydroxylation is 1. The number of hydrogen-bond donors (Lipinski definition) is 1. The molecule has 1 aromatic carbocycles. The normalized spacial score (nSPS) is 10.9. The van der Waals surface area contributed by atoms with Crippen molar-refractivity contribution >= 4 is 28.5 Å². The van der Waals surface area contributed by atoms with Crippen molar-refractivity contribution in [2.45, 2.75) is 13.5 Å². The zero-order chi connectivity index (χ0) is 14.1. The number of halogens is 1. The molecule has 0 spiro atoms. The van der Waals surface area contributed by atoms with Gasteiger partial charge < -0.3 is 14.2 Å². The predicted molar refractivity (Wildman–Crippen MR) is 75.8 cm³/mol. The monoisotopic (exact) mass is 289 g/mol. The van der Waals surface area contributed by atoms with Crippen LogP contribution in [0.5, 0.6) is 0 Å². The summed E-state index contributed by atoms with van der Waals surface area (Å²) >= 11 is 5.95. The average Bonchev–Trinajstić information content (AvgIpc) is 3.05. The second-order valence-corrected chi connectivity index (χ2v) is 4.90. The predicted octanol–water partition coefficient (Wildman–Crippen LogP) is 3.92. The third kappa shape index (κ3) is 2.30. The van der Waals surface area contributed by atoms with Crippen LogP contribution in [0.15, 0.2) is 45.4 Å². The minimum Gasteiger partial charge on any atom is -0.467 e. The Bertz CT molecular complexity index is 759. The van der Waals surface area contributed by atoms with Crippen molar-refractivity contribution in [2.24, 2.45) is 0 Å². The van der Waals surface area contributed by atoms with Crippen molar-refractivity contribution in [3.05, 3.63) is 58.7 Å². The molecule has 0 aliphatic rings. The Balaban J connectivity index is 1.86. The average molecular weight is 290 g/mol. The Morgan fingerprint density at radius 2 is 2.20 bits per heavy atom. The van der Waals surface area contributed by atoms with Gasteiger partial charge in [0.25, 0.3) is 5.91 Å². The van der Waals surface area contributed by atoms with Crippen molar-refractivity contribution in [3.63, 3.8) is 0 Å². The molecule has 1 N–H and O–H groups in total. The van der Waals surface area contributed by atoms with Crippen molar-refractivity contribution < 1.29 is 13.6 Å². The maximum Gasteiger partial charge on any atom is 0.287 e. The van der Waals surface area contributed by atoms with Crippen LogP contribution in [0.2, 0.25) is 5.02 Å². The lowest BCUT2D eigenvalue weighted by Gasteiger charge is -2.01. The highest BCUT2D eigenvalue weighted by Crippen LogP contribution is 2.27. The van der Waals surface area contributed by atoms with Crippen LogP contribution in [0.3, 0.4) is 0 Å². The fourth-order valence-electron chi connectivity index (χ4n) is 2.07. The maximum atomic E-state index is 12.1. The summed E-state index contributed by atoms with van der Waals surface area (Å²) in [5.41, 5.74) is 1.43. The second-order valence-electron chi connectivity index (χ2n) is 4.46. The Kier molecular flexibility index (Phi) is 3.24. The van der Waals surface area contributed by atoms with E-state index in [0.29, 0.717) is 28.7 Å². The number of nitrogens with one attached hydrogen (secondary N) is 1. The molecule has 2 aromatic heterocycles. The number of carbonyl (C=O) groups excluding carboxylic acids is 1. The Morgan fingerprint density at radius 3 is 2.95 bits per heavy atom. The number of rotatable bonds is 3. The van der Waals surface area contributed by atoms with Gasteiger partial charge in [0.15, 0.2) is 5.76 Å². The fraction of sp³-hybridized carbons (Fsp3) is 0.133. The number of benzene rings is 1. The number of furan rings is 2. The highest BCUT2D eigenvalue weighted by atomic mass is 35.5. The quantitative estimate of drug-likeness (QED) is 0.795. The SMILES string of the molecule is Cc1c(C(=O)NCc2ccco2)oc2ccc(Cl)cc12. The first-order valence-electron chi connectivity index (χ1n) is 6.14. The molecule has 0 saturated heterocycles. The van der Waals surface area contributed by atoms with E-state index in [0.717, 1.165) is 10.9 Å². The Morgan fingerprint density at radius 1 is 1.35 bits per heavy atom. The maximum absolute atomic E-state index is 12.1. The van der Waals surface area contributed by atoms with Crippen LogP contribution in [0.4, 0.5) is 0 Å². The summed E-state index contributed by atoms with van der Waals surface area (Å²) in [6.07, 6.45) is 1.57. The van der Waals surface area contributed by atoms with E-state index in [1.165, 1.54) is 0 Å². The molecule has 3 aromatic rings. The van der Waals surface area contributed by atoms with E-state index < -0.39 is 0 Å². The van der Waals surface area contributed by atoms with E-state index in [9.17, 15) is 4.79 Å². The molecule has 0 aliphatic carbocycles. The smallest absolute Gasteiger partial charge is 0.287 e. The summed E-state index contributed by atoms with van der Waals surface area (Å²) in [6, 6.07) is 8.85. The summed E-state index contributed by atoms with van der Waals surface area (Å²) in [5, 5.41) is 4.22. The third-order valence-electron chi connectivity index (χ3n) is 3.11. The van der Waals surface area contributed by atoms with Crippen LogP contribution in [-0.4, -0.2) is 5.91 Å². The molecule has 1 amide bonds. The van der Waals surface area contributed by atoms with E-state index in [4.69, 9.17) is 20.4 Å². The van der Waals surface area contributed by atoms with Crippen LogP contribution in [0.1, 0.15) is 21.9 Å². The molecule has 0 fully saturated rings. The molecular weight excluding hydrogens is 278 g/mol. The summed E-state index contributed by atoms with van der Waals surface area (Å²) in [5.74, 6) is 0.718. The van der Waals surface area contributed by atoms with Crippen LogP contribution >= 0.6 is 11.6 Å². The zero-order valence-corrected chi connectivity index (χ0v) is 11.5. The van der Waals surface area contributed by atoms with Crippen LogP contribution in [0, 0.1) is 6.92 Å². The van der Waals surface area contributed by atoms with Crippen molar-refractivity contribution in [2.75, 3.05) is 0 Å². The first-order chi connectivity index (χ1) is 9.65. The van der Waals surface area contributed by atoms with Crippen molar-refractivity contribution in [1.82, 2.24) is 5.32 Å². The van der Waals surface area contributed by atoms with Crippen LogP contribution in [0.25, 0.3) is 11.0 Å². The lowest BCUT2D eigenvalue weighted by Crippen LogP contribution is -2.22. The molecule has 5 heteroatoms. The molecule has 0 bridgehead atoms. The molecule has 0 aliphatic heterocycles. The number of hydrogen-bond acceptors (Lipinski definition) is 3. The van der Waals surface area contributed by atoms with Crippen LogP contribution in [-0.2, 0) is 6.54 Å². The molecule has 0 atom stereocenters. The van der Waals surface area contributed by atoms with Gasteiger partial charge in [0, 0.05) is 16.0 Å². The lowest BCUT2D eigenvalue weighted by atomic mass is 10.1. The first kappa shape index (κ1) is 12.8. The van der Waals surface area contributed by atoms with E-state index in [1.54, 1.807) is 36.6 Å². The van der Waals surface area contributed by atoms with Gasteiger partial charge in [0.05, 0.1) is 12.8 Å². The minimum atomic E-state index is -0.272. The van der Waals surface area contributed by atoms with Gasteiger partial charge in [-0.05, 0) is 37.3 Å². The topological polar surface area (TPSA) is 55.4 Å². The second kappa shape index (κ2) is 5.06. The summed E-state index contributed by atoms with van der Waals surface area (Å²) in [4.78, 5) is 12.1. The third-order valence-corrected chi connectivity index (χ3v) is 3.34. The van der Waals surface area contributed by atoms with Crippen molar-refractivity contribution in [3.8, 4) is 0 Å². The Hall–Kier alpha value is -2.20. The van der Waals surface area contributed by atoms with E-state index >= 15 is 0 Å². The molecule has 0 unspecified atom stereocenters. The van der Waals surface area contributed by atoms with E-state index in [1.807, 2.05) is 6.92 Å². The minimum absolute atomic E-state index is 0.272. The largest absolute Gasteiger partial charge is 0.467 e. The molecule has 4 nitrogen and oxygen atoms in total. The van der Waals surface area contributed by atoms with Gasteiger partial charge in [-0.2, -0.15) is 0 Å². The highest BCUT2D eigenvalue weighted by Gasteiger charge is 2.17. The van der Waals surface area contributed by atoms with Gasteiger partial charge in [-0.25, -0.2) is 0 Å². The molecule has 0 radical (unpaired) electrons. The van der Waals surface area contributed by atoms with Gasteiger partial charge in [-0.15, -0.1) is 0 Å². The number of carbonyl (C=O) groups is 1. The lowest BCUT2D eigenvalue weighted by molar-refractivity contribution is 0.0921. The zero-order valence-electron chi connectivity index (χ0n) is 10.8. The van der Waals surface area contributed by atoms with Gasteiger partial charge in [-0.1, -0.05) is 11.6 Å². The molecule has 3 rings (SSSR count). The summed E-state index contributed by atoms with van der Waals surface area (Å²) in [7, 11) is 0. The highest BCUT2D eigenvalue weighted by molar-refractivity contribution is 6.31. The van der Waals surface area contributed by atoms with Crippen LogP contribution < -0.4 is 5.32 Å². The first-order valence-corrected chi connectivity index (χ1v) is 6.52.